The summed E-state index contributed by atoms with van der Waals surface area (Å²) in [4.78, 5) is 10.0. The van der Waals surface area contributed by atoms with Gasteiger partial charge in [-0.2, -0.15) is 0 Å². The van der Waals surface area contributed by atoms with Crippen molar-refractivity contribution in [3.63, 3.8) is 0 Å². The van der Waals surface area contributed by atoms with E-state index >= 15 is 0 Å². The Kier molecular flexibility index (Phi) is 4.72. The van der Waals surface area contributed by atoms with E-state index in [2.05, 4.69) is 0 Å². The van der Waals surface area contributed by atoms with Gasteiger partial charge in [-0.3, -0.25) is 0 Å². The molecule has 1 unspecified atom stereocenters. The van der Waals surface area contributed by atoms with Crippen molar-refractivity contribution in [1.82, 2.24) is 0 Å². The van der Waals surface area contributed by atoms with Crippen molar-refractivity contribution in [2.75, 3.05) is 7.11 Å². The van der Waals surface area contributed by atoms with Crippen LogP contribution in [0.1, 0.15) is 0 Å². The molecule has 0 rings (SSSR count). The molecule has 0 aromatic carbocycles. The maximum absolute atomic E-state index is 10.0. The minimum atomic E-state index is -3.00. The highest BCUT2D eigenvalue weighted by molar-refractivity contribution is 6.83. The van der Waals surface area contributed by atoms with Crippen LogP contribution in [-0.4, -0.2) is 37.6 Å². The zero-order valence-corrected chi connectivity index (χ0v) is 13.2. The van der Waals surface area contributed by atoms with Gasteiger partial charge in [0.15, 0.2) is 8.32 Å². The summed E-state index contributed by atoms with van der Waals surface area (Å²) in [5.74, 6) is 0. The molecule has 0 aliphatic carbocycles. The Labute approximate surface area is 89.9 Å². The Hall–Kier alpha value is 0.491. The highest BCUT2D eigenvalue weighted by atomic mass is 28.5. The number of hydrogen-bond acceptors (Lipinski definition) is 4. The molecule has 0 saturated carbocycles. The maximum atomic E-state index is 10.0. The lowest BCUT2D eigenvalue weighted by Crippen LogP contribution is -2.54. The van der Waals surface area contributed by atoms with E-state index in [-0.39, 0.29) is 0 Å². The molecule has 0 spiro atoms. The third kappa shape index (κ3) is 6.87. The van der Waals surface area contributed by atoms with Crippen LogP contribution in [0.3, 0.4) is 0 Å². The molecule has 0 bridgehead atoms. The van der Waals surface area contributed by atoms with Crippen molar-refractivity contribution in [3.05, 3.63) is 0 Å². The number of rotatable bonds is 5. The molecule has 0 radical (unpaired) electrons. The molecule has 0 amide bonds. The van der Waals surface area contributed by atoms with Crippen LogP contribution in [-0.2, 0) is 12.7 Å². The third-order valence-corrected chi connectivity index (χ3v) is 9.85. The first-order valence-corrected chi connectivity index (χ1v) is 13.1. The predicted molar refractivity (Wildman–Crippen MR) is 63.8 cm³/mol. The van der Waals surface area contributed by atoms with Crippen LogP contribution < -0.4 is 0 Å². The first-order valence-electron chi connectivity index (χ1n) is 4.65. The number of hydrogen-bond donors (Lipinski definition) is 1. The van der Waals surface area contributed by atoms with Gasteiger partial charge < -0.3 is 17.5 Å². The van der Waals surface area contributed by atoms with Gasteiger partial charge in [0, 0.05) is 13.7 Å². The van der Waals surface area contributed by atoms with Crippen LogP contribution in [0.5, 0.6) is 0 Å². The van der Waals surface area contributed by atoms with E-state index in [1.54, 1.807) is 13.7 Å². The SMILES string of the molecule is CO[Si](C)(C)O[Si](C)(O)O[Si](C)(C)C. The van der Waals surface area contributed by atoms with E-state index in [1.807, 2.05) is 32.7 Å². The third-order valence-electron chi connectivity index (χ3n) is 1.42. The normalized spacial score (nSPS) is 18.0. The Morgan fingerprint density at radius 1 is 0.857 bits per heavy atom. The minimum Gasteiger partial charge on any atom is -0.417 e. The van der Waals surface area contributed by atoms with E-state index in [0.717, 1.165) is 0 Å². The molecule has 0 aromatic rings. The molecule has 14 heavy (non-hydrogen) atoms. The summed E-state index contributed by atoms with van der Waals surface area (Å²) in [6.45, 7) is 11.5. The molecule has 0 heterocycles. The van der Waals surface area contributed by atoms with E-state index < -0.39 is 25.7 Å². The molecule has 0 saturated heterocycles. The lowest BCUT2D eigenvalue weighted by atomic mass is 11.8. The monoisotopic (exact) mass is 254 g/mol. The molecule has 0 aromatic heterocycles. The molecule has 0 aliphatic rings. The van der Waals surface area contributed by atoms with Crippen molar-refractivity contribution in [3.8, 4) is 0 Å². The lowest BCUT2D eigenvalue weighted by molar-refractivity contribution is 0.210. The predicted octanol–water partition coefficient (Wildman–Crippen LogP) is 1.76. The van der Waals surface area contributed by atoms with Gasteiger partial charge in [0.25, 0.3) is 0 Å². The summed E-state index contributed by atoms with van der Waals surface area (Å²) in [6.07, 6.45) is 0. The fraction of sp³-hybridized carbons (Fsp3) is 1.00. The molecular weight excluding hydrogens is 232 g/mol. The van der Waals surface area contributed by atoms with Gasteiger partial charge in [-0.05, 0) is 32.7 Å². The Morgan fingerprint density at radius 2 is 1.29 bits per heavy atom. The van der Waals surface area contributed by atoms with Gasteiger partial charge in [-0.15, -0.1) is 0 Å². The van der Waals surface area contributed by atoms with Crippen molar-refractivity contribution in [2.24, 2.45) is 0 Å². The molecule has 1 atom stereocenters. The summed E-state index contributed by atoms with van der Waals surface area (Å²) in [5.41, 5.74) is 0. The highest BCUT2D eigenvalue weighted by Gasteiger charge is 2.42. The van der Waals surface area contributed by atoms with Crippen LogP contribution in [0.2, 0.25) is 39.3 Å². The van der Waals surface area contributed by atoms with E-state index in [1.165, 1.54) is 0 Å². The summed E-state index contributed by atoms with van der Waals surface area (Å²) in [7, 11) is -5.35. The molecule has 4 nitrogen and oxygen atoms in total. The van der Waals surface area contributed by atoms with Crippen LogP contribution in [0, 0.1) is 0 Å². The van der Waals surface area contributed by atoms with Crippen molar-refractivity contribution < 1.29 is 17.5 Å². The Bertz CT molecular complexity index is 188. The lowest BCUT2D eigenvalue weighted by Gasteiger charge is -2.33. The second-order valence-corrected chi connectivity index (χ2v) is 15.7. The average Bonchev–Trinajstić information content (AvgIpc) is 1.78. The molecule has 7 heteroatoms. The van der Waals surface area contributed by atoms with Crippen LogP contribution in [0.15, 0.2) is 0 Å². The van der Waals surface area contributed by atoms with Gasteiger partial charge >= 0.3 is 17.4 Å². The zero-order valence-electron chi connectivity index (χ0n) is 10.2. The Balaban J connectivity index is 4.35. The highest BCUT2D eigenvalue weighted by Crippen LogP contribution is 2.18. The van der Waals surface area contributed by atoms with E-state index in [9.17, 15) is 4.80 Å². The summed E-state index contributed by atoms with van der Waals surface area (Å²) < 4.78 is 16.4. The average molecular weight is 255 g/mol. The second-order valence-electron chi connectivity index (χ2n) is 4.82. The fourth-order valence-electron chi connectivity index (χ4n) is 1.09. The van der Waals surface area contributed by atoms with Crippen molar-refractivity contribution in [2.45, 2.75) is 39.3 Å². The van der Waals surface area contributed by atoms with E-state index in [4.69, 9.17) is 12.7 Å². The first kappa shape index (κ1) is 14.5. The Morgan fingerprint density at radius 3 is 1.57 bits per heavy atom. The molecule has 0 aliphatic heterocycles. The van der Waals surface area contributed by atoms with Crippen LogP contribution in [0.4, 0.5) is 0 Å². The van der Waals surface area contributed by atoms with Gasteiger partial charge in [-0.25, -0.2) is 0 Å². The van der Waals surface area contributed by atoms with Gasteiger partial charge in [0.05, 0.1) is 0 Å². The summed E-state index contributed by atoms with van der Waals surface area (Å²) in [5, 5.41) is 0. The zero-order chi connectivity index (χ0) is 11.6. The minimum absolute atomic E-state index is 1.60. The second kappa shape index (κ2) is 4.56. The van der Waals surface area contributed by atoms with Crippen molar-refractivity contribution in [1.29, 1.82) is 0 Å². The smallest absolute Gasteiger partial charge is 0.417 e. The molecule has 86 valence electrons. The summed E-state index contributed by atoms with van der Waals surface area (Å²) >= 11 is 0. The first-order chi connectivity index (χ1) is 5.97. The maximum Gasteiger partial charge on any atom is 0.475 e. The van der Waals surface area contributed by atoms with Crippen LogP contribution in [0.25, 0.3) is 0 Å². The largest absolute Gasteiger partial charge is 0.475 e. The van der Waals surface area contributed by atoms with E-state index in [0.29, 0.717) is 0 Å². The summed E-state index contributed by atoms with van der Waals surface area (Å²) in [6, 6.07) is 0. The fourth-order valence-corrected chi connectivity index (χ4v) is 10.2. The standard InChI is InChI=1S/C7H22O4Si3/c1-9-13(5,6)11-14(7,8)10-12(2,3)4/h8H,1-7H3. The molecular formula is C7H22O4Si3. The van der Waals surface area contributed by atoms with Crippen molar-refractivity contribution >= 4 is 25.7 Å². The van der Waals surface area contributed by atoms with Gasteiger partial charge in [0.2, 0.25) is 0 Å². The quantitative estimate of drug-likeness (QED) is 0.760. The molecule has 1 N–H and O–H groups in total. The topological polar surface area (TPSA) is 47.9 Å². The van der Waals surface area contributed by atoms with Crippen LogP contribution >= 0.6 is 0 Å². The van der Waals surface area contributed by atoms with Gasteiger partial charge in [0.1, 0.15) is 0 Å². The molecule has 0 fully saturated rings. The van der Waals surface area contributed by atoms with Gasteiger partial charge in [-0.1, -0.05) is 0 Å².